The molecule has 1 atom stereocenters. The molecule has 96 valence electrons. The van der Waals surface area contributed by atoms with Crippen LogP contribution in [0, 0.1) is 0 Å². The predicted octanol–water partition coefficient (Wildman–Crippen LogP) is 0.657. The van der Waals surface area contributed by atoms with Crippen LogP contribution in [0.4, 0.5) is 11.4 Å². The fraction of sp³-hybridized carbons (Fsp3) is 0.333. The van der Waals surface area contributed by atoms with E-state index in [1.54, 1.807) is 12.1 Å². The summed E-state index contributed by atoms with van der Waals surface area (Å²) in [4.78, 5) is 21.8. The highest BCUT2D eigenvalue weighted by molar-refractivity contribution is 5.94. The van der Waals surface area contributed by atoms with E-state index in [9.17, 15) is 9.59 Å². The lowest BCUT2D eigenvalue weighted by Crippen LogP contribution is -2.31. The van der Waals surface area contributed by atoms with Crippen molar-refractivity contribution in [3.8, 4) is 0 Å². The smallest absolute Gasteiger partial charge is 0.337 e. The Hall–Kier alpha value is -2.24. The molecule has 6 heteroatoms. The fourth-order valence-electron chi connectivity index (χ4n) is 1.94. The Labute approximate surface area is 104 Å². The lowest BCUT2D eigenvalue weighted by atomic mass is 10.1. The summed E-state index contributed by atoms with van der Waals surface area (Å²) in [5.74, 6) is -0.968. The van der Waals surface area contributed by atoms with Crippen molar-refractivity contribution in [2.75, 3.05) is 17.6 Å². The van der Waals surface area contributed by atoms with Gasteiger partial charge in [-0.25, -0.2) is 4.79 Å². The summed E-state index contributed by atoms with van der Waals surface area (Å²) in [6, 6.07) is 4.84. The van der Waals surface area contributed by atoms with Gasteiger partial charge in [-0.1, -0.05) is 0 Å². The Morgan fingerprint density at radius 2 is 2.33 bits per heavy atom. The molecule has 18 heavy (non-hydrogen) atoms. The Bertz CT molecular complexity index is 487. The summed E-state index contributed by atoms with van der Waals surface area (Å²) in [6.07, 6.45) is 1.38. The van der Waals surface area contributed by atoms with E-state index in [1.807, 2.05) is 0 Å². The van der Waals surface area contributed by atoms with Gasteiger partial charge >= 0.3 is 5.97 Å². The molecule has 6 nitrogen and oxygen atoms in total. The molecule has 2 rings (SSSR count). The van der Waals surface area contributed by atoms with E-state index in [0.717, 1.165) is 12.1 Å². The van der Waals surface area contributed by atoms with Gasteiger partial charge in [-0.3, -0.25) is 4.79 Å². The van der Waals surface area contributed by atoms with E-state index in [2.05, 4.69) is 10.6 Å². The molecule has 1 unspecified atom stereocenters. The number of carboxylic acid groups (broad SMARTS) is 1. The fourth-order valence-corrected chi connectivity index (χ4v) is 1.94. The number of benzene rings is 1. The first kappa shape index (κ1) is 12.2. The molecule has 1 amide bonds. The first-order valence-electron chi connectivity index (χ1n) is 5.72. The van der Waals surface area contributed by atoms with Crippen molar-refractivity contribution in [2.45, 2.75) is 18.9 Å². The molecule has 5 N–H and O–H groups in total. The van der Waals surface area contributed by atoms with Gasteiger partial charge in [0.2, 0.25) is 5.91 Å². The highest BCUT2D eigenvalue weighted by atomic mass is 16.4. The number of carboxylic acids is 1. The van der Waals surface area contributed by atoms with E-state index >= 15 is 0 Å². The summed E-state index contributed by atoms with van der Waals surface area (Å²) in [5.41, 5.74) is 6.70. The lowest BCUT2D eigenvalue weighted by molar-refractivity contribution is -0.119. The first-order chi connectivity index (χ1) is 8.56. The molecule has 0 aliphatic carbocycles. The second-order valence-electron chi connectivity index (χ2n) is 4.29. The molecule has 1 aliphatic rings. The van der Waals surface area contributed by atoms with Crippen molar-refractivity contribution in [3.63, 3.8) is 0 Å². The number of nitrogens with one attached hydrogen (secondary N) is 2. The number of carbonyl (C=O) groups excluding carboxylic acids is 1. The summed E-state index contributed by atoms with van der Waals surface area (Å²) >= 11 is 0. The van der Waals surface area contributed by atoms with Gasteiger partial charge < -0.3 is 21.5 Å². The van der Waals surface area contributed by atoms with Crippen molar-refractivity contribution >= 4 is 23.3 Å². The molecule has 1 aromatic rings. The van der Waals surface area contributed by atoms with Gasteiger partial charge in [0.15, 0.2) is 0 Å². The van der Waals surface area contributed by atoms with Crippen LogP contribution in [0.3, 0.4) is 0 Å². The number of carbonyl (C=O) groups is 2. The highest BCUT2D eigenvalue weighted by Crippen LogP contribution is 2.18. The maximum atomic E-state index is 11.0. The number of hydrogen-bond acceptors (Lipinski definition) is 4. The normalized spacial score (nSPS) is 18.4. The zero-order valence-corrected chi connectivity index (χ0v) is 9.77. The van der Waals surface area contributed by atoms with E-state index in [0.29, 0.717) is 13.0 Å². The number of aromatic carboxylic acids is 1. The number of amides is 1. The average molecular weight is 249 g/mol. The third-order valence-corrected chi connectivity index (χ3v) is 2.92. The zero-order chi connectivity index (χ0) is 13.1. The van der Waals surface area contributed by atoms with Crippen molar-refractivity contribution in [1.29, 1.82) is 0 Å². The SMILES string of the molecule is Nc1cc(NCC2CCC(=O)N2)ccc1C(=O)O. The molecule has 0 spiro atoms. The van der Waals surface area contributed by atoms with Crippen LogP contribution < -0.4 is 16.4 Å². The molecular formula is C12H15N3O3. The summed E-state index contributed by atoms with van der Waals surface area (Å²) in [5, 5.41) is 14.8. The summed E-state index contributed by atoms with van der Waals surface area (Å²) in [6.45, 7) is 0.609. The third kappa shape index (κ3) is 2.71. The number of nitrogens with two attached hydrogens (primary N) is 1. The maximum absolute atomic E-state index is 11.0. The number of hydrogen-bond donors (Lipinski definition) is 4. The van der Waals surface area contributed by atoms with E-state index in [-0.39, 0.29) is 23.2 Å². The number of rotatable bonds is 4. The van der Waals surface area contributed by atoms with E-state index < -0.39 is 5.97 Å². The van der Waals surface area contributed by atoms with Gasteiger partial charge in [0.1, 0.15) is 0 Å². The van der Waals surface area contributed by atoms with Crippen molar-refractivity contribution in [3.05, 3.63) is 23.8 Å². The predicted molar refractivity (Wildman–Crippen MR) is 67.5 cm³/mol. The maximum Gasteiger partial charge on any atom is 0.337 e. The minimum atomic E-state index is -1.04. The molecule has 1 saturated heterocycles. The van der Waals surface area contributed by atoms with E-state index in [4.69, 9.17) is 10.8 Å². The third-order valence-electron chi connectivity index (χ3n) is 2.92. The van der Waals surface area contributed by atoms with E-state index in [1.165, 1.54) is 6.07 Å². The second kappa shape index (κ2) is 4.95. The van der Waals surface area contributed by atoms with Crippen LogP contribution >= 0.6 is 0 Å². The van der Waals surface area contributed by atoms with Crippen molar-refractivity contribution in [1.82, 2.24) is 5.32 Å². The molecular weight excluding hydrogens is 234 g/mol. The van der Waals surface area contributed by atoms with Crippen LogP contribution in [0.1, 0.15) is 23.2 Å². The lowest BCUT2D eigenvalue weighted by Gasteiger charge is -2.13. The number of anilines is 2. The molecule has 0 bridgehead atoms. The van der Waals surface area contributed by atoms with Gasteiger partial charge in [-0.2, -0.15) is 0 Å². The van der Waals surface area contributed by atoms with Crippen LogP contribution in [0.5, 0.6) is 0 Å². The van der Waals surface area contributed by atoms with Gasteiger partial charge in [-0.15, -0.1) is 0 Å². The minimum Gasteiger partial charge on any atom is -0.478 e. The average Bonchev–Trinajstić information content (AvgIpc) is 2.72. The number of nitrogen functional groups attached to an aromatic ring is 1. The Kier molecular flexibility index (Phi) is 3.36. The van der Waals surface area contributed by atoms with Gasteiger partial charge in [0.25, 0.3) is 0 Å². The van der Waals surface area contributed by atoms with Crippen LogP contribution in [0.15, 0.2) is 18.2 Å². The van der Waals surface area contributed by atoms with Crippen LogP contribution in [0.25, 0.3) is 0 Å². The largest absolute Gasteiger partial charge is 0.478 e. The molecule has 0 radical (unpaired) electrons. The minimum absolute atomic E-state index is 0.0718. The molecule has 0 saturated carbocycles. The van der Waals surface area contributed by atoms with Crippen LogP contribution in [-0.2, 0) is 4.79 Å². The first-order valence-corrected chi connectivity index (χ1v) is 5.72. The molecule has 1 heterocycles. The zero-order valence-electron chi connectivity index (χ0n) is 9.77. The molecule has 1 aliphatic heterocycles. The Morgan fingerprint density at radius 1 is 1.56 bits per heavy atom. The topological polar surface area (TPSA) is 104 Å². The quantitative estimate of drug-likeness (QED) is 0.587. The molecule has 1 fully saturated rings. The standard InChI is InChI=1S/C12H15N3O3/c13-10-5-7(1-3-9(10)12(17)18)14-6-8-2-4-11(16)15-8/h1,3,5,8,14H,2,4,6,13H2,(H,15,16)(H,17,18). The Morgan fingerprint density at radius 3 is 2.89 bits per heavy atom. The van der Waals surface area contributed by atoms with Crippen molar-refractivity contribution < 1.29 is 14.7 Å². The van der Waals surface area contributed by atoms with Gasteiger partial charge in [0, 0.05) is 30.4 Å². The second-order valence-corrected chi connectivity index (χ2v) is 4.29. The summed E-state index contributed by atoms with van der Waals surface area (Å²) < 4.78 is 0. The molecule has 1 aromatic carbocycles. The monoisotopic (exact) mass is 249 g/mol. The van der Waals surface area contributed by atoms with Crippen LogP contribution in [-0.4, -0.2) is 29.6 Å². The molecule has 0 aromatic heterocycles. The van der Waals surface area contributed by atoms with Crippen LogP contribution in [0.2, 0.25) is 0 Å². The highest BCUT2D eigenvalue weighted by Gasteiger charge is 2.20. The van der Waals surface area contributed by atoms with Crippen molar-refractivity contribution in [2.24, 2.45) is 0 Å². The Balaban J connectivity index is 1.96. The van der Waals surface area contributed by atoms with Gasteiger partial charge in [-0.05, 0) is 24.6 Å². The van der Waals surface area contributed by atoms with Gasteiger partial charge in [0.05, 0.1) is 5.56 Å². The summed E-state index contributed by atoms with van der Waals surface area (Å²) in [7, 11) is 0.